The molecule has 0 fully saturated rings. The van der Waals surface area contributed by atoms with E-state index >= 15 is 0 Å². The van der Waals surface area contributed by atoms with Crippen molar-refractivity contribution in [2.75, 3.05) is 6.54 Å². The van der Waals surface area contributed by atoms with E-state index in [2.05, 4.69) is 15.6 Å². The molecule has 0 aromatic rings. The number of aliphatic imine (C=N–C) groups is 1. The molecule has 144 valence electrons. The van der Waals surface area contributed by atoms with Crippen LogP contribution in [0, 0.1) is 11.8 Å². The van der Waals surface area contributed by atoms with Crippen LogP contribution in [0.5, 0.6) is 0 Å². The largest absolute Gasteiger partial charge is 0.370 e. The maximum atomic E-state index is 12.5. The van der Waals surface area contributed by atoms with Crippen molar-refractivity contribution in [1.82, 2.24) is 10.6 Å². The van der Waals surface area contributed by atoms with E-state index in [1.54, 1.807) is 0 Å². The first-order valence-corrected chi connectivity index (χ1v) is 8.76. The van der Waals surface area contributed by atoms with Gasteiger partial charge in [-0.1, -0.05) is 27.7 Å². The molecule has 0 saturated carbocycles. The Morgan fingerprint density at radius 1 is 1.08 bits per heavy atom. The average Bonchev–Trinajstić information content (AvgIpc) is 2.47. The fraction of sp³-hybridized carbons (Fsp3) is 0.765. The van der Waals surface area contributed by atoms with E-state index in [0.29, 0.717) is 38.5 Å². The van der Waals surface area contributed by atoms with Gasteiger partial charge < -0.3 is 26.9 Å². The van der Waals surface area contributed by atoms with Gasteiger partial charge in [0.05, 0.1) is 6.04 Å². The number of nitrogens with two attached hydrogens (primary N) is 2. The molecule has 0 spiro atoms. The molecule has 0 rings (SSSR count). The summed E-state index contributed by atoms with van der Waals surface area (Å²) in [7, 11) is 0. The molecular formula is C17H33N5O3. The van der Waals surface area contributed by atoms with Crippen molar-refractivity contribution in [3.05, 3.63) is 0 Å². The minimum Gasteiger partial charge on any atom is -0.370 e. The van der Waals surface area contributed by atoms with Crippen LogP contribution >= 0.6 is 0 Å². The highest BCUT2D eigenvalue weighted by molar-refractivity contribution is 5.89. The van der Waals surface area contributed by atoms with Crippen LogP contribution < -0.4 is 22.1 Å². The van der Waals surface area contributed by atoms with E-state index in [-0.39, 0.29) is 29.6 Å². The standard InChI is InChI=1S/C17H33N5O3/c1-11(2)8-14(22-15(24)9-12(3)4)16(25)21-13(10-23)6-5-7-20-17(18)19/h10-14H,5-9H2,1-4H3,(H,21,25)(H,22,24)(H4,18,19,20)/t13-,14-/m0/s1. The van der Waals surface area contributed by atoms with Gasteiger partial charge in [0.2, 0.25) is 11.8 Å². The first-order valence-electron chi connectivity index (χ1n) is 8.76. The molecule has 2 amide bonds. The van der Waals surface area contributed by atoms with E-state index in [9.17, 15) is 14.4 Å². The highest BCUT2D eigenvalue weighted by atomic mass is 16.2. The number of amides is 2. The lowest BCUT2D eigenvalue weighted by molar-refractivity contribution is -0.130. The van der Waals surface area contributed by atoms with E-state index < -0.39 is 12.1 Å². The molecular weight excluding hydrogens is 322 g/mol. The lowest BCUT2D eigenvalue weighted by Gasteiger charge is -2.22. The summed E-state index contributed by atoms with van der Waals surface area (Å²) in [5, 5.41) is 5.46. The number of rotatable bonds is 12. The van der Waals surface area contributed by atoms with Crippen molar-refractivity contribution in [2.45, 2.75) is 65.5 Å². The summed E-state index contributed by atoms with van der Waals surface area (Å²) in [5.74, 6) is -0.0693. The number of hydrogen-bond donors (Lipinski definition) is 4. The predicted octanol–water partition coefficient (Wildman–Crippen LogP) is 0.301. The van der Waals surface area contributed by atoms with Crippen LogP contribution in [0.4, 0.5) is 0 Å². The summed E-state index contributed by atoms with van der Waals surface area (Å²) < 4.78 is 0. The highest BCUT2D eigenvalue weighted by Crippen LogP contribution is 2.08. The monoisotopic (exact) mass is 355 g/mol. The predicted molar refractivity (Wildman–Crippen MR) is 98.7 cm³/mol. The molecule has 2 atom stereocenters. The molecule has 0 saturated heterocycles. The Balaban J connectivity index is 4.67. The van der Waals surface area contributed by atoms with Crippen molar-refractivity contribution in [1.29, 1.82) is 0 Å². The first-order chi connectivity index (χ1) is 11.6. The summed E-state index contributed by atoms with van der Waals surface area (Å²) in [6, 6.07) is -1.27. The van der Waals surface area contributed by atoms with Gasteiger partial charge in [0.15, 0.2) is 5.96 Å². The molecule has 0 aliphatic rings. The Kier molecular flexibility index (Phi) is 11.2. The van der Waals surface area contributed by atoms with Gasteiger partial charge in [-0.15, -0.1) is 0 Å². The van der Waals surface area contributed by atoms with Crippen LogP contribution in [0.3, 0.4) is 0 Å². The van der Waals surface area contributed by atoms with Crippen molar-refractivity contribution in [2.24, 2.45) is 28.3 Å². The lowest BCUT2D eigenvalue weighted by atomic mass is 10.0. The van der Waals surface area contributed by atoms with Crippen LogP contribution in [0.2, 0.25) is 0 Å². The second kappa shape index (κ2) is 12.3. The third-order valence-electron chi connectivity index (χ3n) is 3.41. The van der Waals surface area contributed by atoms with Gasteiger partial charge in [0, 0.05) is 13.0 Å². The van der Waals surface area contributed by atoms with Crippen molar-refractivity contribution < 1.29 is 14.4 Å². The Morgan fingerprint density at radius 2 is 1.72 bits per heavy atom. The fourth-order valence-electron chi connectivity index (χ4n) is 2.30. The second-order valence-corrected chi connectivity index (χ2v) is 7.05. The molecule has 25 heavy (non-hydrogen) atoms. The van der Waals surface area contributed by atoms with E-state index in [1.165, 1.54) is 0 Å². The Morgan fingerprint density at radius 3 is 2.20 bits per heavy atom. The summed E-state index contributed by atoms with van der Waals surface area (Å²) in [4.78, 5) is 39.5. The maximum Gasteiger partial charge on any atom is 0.243 e. The Hall–Kier alpha value is -2.12. The average molecular weight is 355 g/mol. The molecule has 0 bridgehead atoms. The quantitative estimate of drug-likeness (QED) is 0.172. The smallest absolute Gasteiger partial charge is 0.243 e. The number of carbonyl (C=O) groups excluding carboxylic acids is 3. The maximum absolute atomic E-state index is 12.5. The van der Waals surface area contributed by atoms with Gasteiger partial charge in [-0.2, -0.15) is 0 Å². The summed E-state index contributed by atoms with van der Waals surface area (Å²) >= 11 is 0. The van der Waals surface area contributed by atoms with Crippen molar-refractivity contribution in [3.8, 4) is 0 Å². The number of guanidine groups is 1. The van der Waals surface area contributed by atoms with Gasteiger partial charge >= 0.3 is 0 Å². The van der Waals surface area contributed by atoms with E-state index in [0.717, 1.165) is 0 Å². The number of nitrogens with one attached hydrogen (secondary N) is 2. The zero-order chi connectivity index (χ0) is 19.4. The number of nitrogens with zero attached hydrogens (tertiary/aromatic N) is 1. The van der Waals surface area contributed by atoms with Gasteiger partial charge in [-0.05, 0) is 31.1 Å². The minimum absolute atomic E-state index is 0.00319. The molecule has 0 aliphatic heterocycles. The summed E-state index contributed by atoms with van der Waals surface area (Å²) in [5.41, 5.74) is 10.5. The zero-order valence-corrected chi connectivity index (χ0v) is 15.7. The first kappa shape index (κ1) is 22.9. The minimum atomic E-state index is -0.647. The van der Waals surface area contributed by atoms with Crippen molar-refractivity contribution in [3.63, 3.8) is 0 Å². The molecule has 6 N–H and O–H groups in total. The molecule has 0 radical (unpaired) electrons. The zero-order valence-electron chi connectivity index (χ0n) is 15.7. The number of aldehydes is 1. The fourth-order valence-corrected chi connectivity index (χ4v) is 2.30. The number of hydrogen-bond acceptors (Lipinski definition) is 4. The third kappa shape index (κ3) is 12.0. The second-order valence-electron chi connectivity index (χ2n) is 7.05. The molecule has 0 aliphatic carbocycles. The molecule has 0 heterocycles. The summed E-state index contributed by atoms with van der Waals surface area (Å²) in [6.45, 7) is 8.22. The topological polar surface area (TPSA) is 140 Å². The van der Waals surface area contributed by atoms with Gasteiger partial charge in [-0.3, -0.25) is 14.6 Å². The lowest BCUT2D eigenvalue weighted by Crippen LogP contribution is -2.50. The Bertz CT molecular complexity index is 459. The Labute approximate surface area is 150 Å². The SMILES string of the molecule is CC(C)CC(=O)N[C@@H](CC(C)C)C(=O)N[C@H](C=O)CCCN=C(N)N. The third-order valence-corrected chi connectivity index (χ3v) is 3.41. The molecule has 0 aromatic heterocycles. The van der Waals surface area contributed by atoms with Gasteiger partial charge in [0.1, 0.15) is 12.3 Å². The van der Waals surface area contributed by atoms with E-state index in [1.807, 2.05) is 27.7 Å². The summed E-state index contributed by atoms with van der Waals surface area (Å²) in [6.07, 6.45) is 2.55. The molecule has 8 heteroatoms. The molecule has 0 aromatic carbocycles. The molecule has 0 unspecified atom stereocenters. The van der Waals surface area contributed by atoms with Gasteiger partial charge in [0.25, 0.3) is 0 Å². The highest BCUT2D eigenvalue weighted by Gasteiger charge is 2.24. The molecule has 8 nitrogen and oxygen atoms in total. The van der Waals surface area contributed by atoms with Crippen LogP contribution in [-0.4, -0.2) is 42.7 Å². The number of carbonyl (C=O) groups is 3. The van der Waals surface area contributed by atoms with Crippen LogP contribution in [0.15, 0.2) is 4.99 Å². The van der Waals surface area contributed by atoms with E-state index in [4.69, 9.17) is 11.5 Å². The van der Waals surface area contributed by atoms with Crippen LogP contribution in [-0.2, 0) is 14.4 Å². The van der Waals surface area contributed by atoms with Crippen LogP contribution in [0.25, 0.3) is 0 Å². The van der Waals surface area contributed by atoms with Crippen LogP contribution in [0.1, 0.15) is 53.4 Å². The van der Waals surface area contributed by atoms with Crippen molar-refractivity contribution >= 4 is 24.1 Å². The normalized spacial score (nSPS) is 13.2. The van der Waals surface area contributed by atoms with Gasteiger partial charge in [-0.25, -0.2) is 0 Å².